The Bertz CT molecular complexity index is 403. The van der Waals surface area contributed by atoms with Gasteiger partial charge in [0, 0.05) is 45.3 Å². The first-order chi connectivity index (χ1) is 11.1. The van der Waals surface area contributed by atoms with Crippen molar-refractivity contribution in [1.82, 2.24) is 9.80 Å². The summed E-state index contributed by atoms with van der Waals surface area (Å²) in [4.78, 5) is 16.6. The summed E-state index contributed by atoms with van der Waals surface area (Å²) < 4.78 is 11.3. The van der Waals surface area contributed by atoms with Gasteiger partial charge in [-0.1, -0.05) is 0 Å². The molecule has 1 saturated carbocycles. The van der Waals surface area contributed by atoms with E-state index in [1.807, 2.05) is 11.8 Å². The van der Waals surface area contributed by atoms with Crippen molar-refractivity contribution in [3.05, 3.63) is 0 Å². The van der Waals surface area contributed by atoms with Crippen molar-refractivity contribution in [2.45, 2.75) is 32.6 Å². The number of likely N-dealkylation sites (tertiary alicyclic amines) is 2. The Morgan fingerprint density at radius 3 is 2.57 bits per heavy atom. The number of carbonyl (C=O) groups excluding carboxylic acids is 1. The fraction of sp³-hybridized carbons (Fsp3) is 0.944. The van der Waals surface area contributed by atoms with Crippen molar-refractivity contribution in [2.24, 2.45) is 17.3 Å². The highest BCUT2D eigenvalue weighted by Crippen LogP contribution is 2.44. The molecule has 2 heterocycles. The molecule has 2 saturated heterocycles. The lowest BCUT2D eigenvalue weighted by atomic mass is 9.71. The van der Waals surface area contributed by atoms with E-state index in [2.05, 4.69) is 11.9 Å². The number of amides is 1. The fourth-order valence-electron chi connectivity index (χ4n) is 4.24. The molecule has 0 radical (unpaired) electrons. The Kier molecular flexibility index (Phi) is 5.60. The molecule has 0 aromatic rings. The first-order valence-electron chi connectivity index (χ1n) is 9.25. The van der Waals surface area contributed by atoms with Crippen LogP contribution >= 0.6 is 0 Å². The standard InChI is InChI=1S/C18H32N2O3/c1-3-22-13-17(21)20-8-6-18(7-9-20)14-19(2)10-16(18)12-23-11-15-4-5-15/h15-16H,3-14H2,1-2H3/t16-/m1/s1. The minimum Gasteiger partial charge on any atom is -0.381 e. The van der Waals surface area contributed by atoms with Crippen LogP contribution in [0.5, 0.6) is 0 Å². The first kappa shape index (κ1) is 17.2. The molecule has 132 valence electrons. The lowest BCUT2D eigenvalue weighted by Gasteiger charge is -2.42. The molecule has 0 aromatic carbocycles. The summed E-state index contributed by atoms with van der Waals surface area (Å²) in [5.74, 6) is 1.60. The smallest absolute Gasteiger partial charge is 0.248 e. The monoisotopic (exact) mass is 324 g/mol. The number of rotatable bonds is 7. The van der Waals surface area contributed by atoms with E-state index in [4.69, 9.17) is 9.47 Å². The molecule has 1 aliphatic carbocycles. The van der Waals surface area contributed by atoms with Crippen LogP contribution in [0.2, 0.25) is 0 Å². The van der Waals surface area contributed by atoms with E-state index in [1.165, 1.54) is 12.8 Å². The minimum atomic E-state index is 0.148. The normalized spacial score (nSPS) is 27.7. The van der Waals surface area contributed by atoms with Crippen LogP contribution in [-0.2, 0) is 14.3 Å². The second-order valence-corrected chi connectivity index (χ2v) is 7.75. The van der Waals surface area contributed by atoms with Crippen LogP contribution in [0.4, 0.5) is 0 Å². The summed E-state index contributed by atoms with van der Waals surface area (Å²) in [5, 5.41) is 0. The third kappa shape index (κ3) is 4.25. The number of carbonyl (C=O) groups is 1. The van der Waals surface area contributed by atoms with Gasteiger partial charge in [0.05, 0.1) is 6.61 Å². The Balaban J connectivity index is 1.50. The van der Waals surface area contributed by atoms with Crippen LogP contribution in [0, 0.1) is 17.3 Å². The van der Waals surface area contributed by atoms with Crippen LogP contribution in [-0.4, -0.2) is 75.4 Å². The number of nitrogens with zero attached hydrogens (tertiary/aromatic N) is 2. The summed E-state index contributed by atoms with van der Waals surface area (Å²) in [5.41, 5.74) is 0.348. The van der Waals surface area contributed by atoms with Gasteiger partial charge >= 0.3 is 0 Å². The van der Waals surface area contributed by atoms with Crippen LogP contribution in [0.25, 0.3) is 0 Å². The molecular weight excluding hydrogens is 292 g/mol. The molecule has 23 heavy (non-hydrogen) atoms. The predicted molar refractivity (Wildman–Crippen MR) is 89.3 cm³/mol. The van der Waals surface area contributed by atoms with Gasteiger partial charge in [0.15, 0.2) is 0 Å². The van der Waals surface area contributed by atoms with Crippen molar-refractivity contribution in [2.75, 3.05) is 59.7 Å². The summed E-state index contributed by atoms with van der Waals surface area (Å²) in [6, 6.07) is 0. The zero-order valence-corrected chi connectivity index (χ0v) is 14.8. The van der Waals surface area contributed by atoms with Gasteiger partial charge in [-0.25, -0.2) is 0 Å². The maximum absolute atomic E-state index is 12.1. The largest absolute Gasteiger partial charge is 0.381 e. The average molecular weight is 324 g/mol. The molecule has 5 heteroatoms. The molecule has 2 aliphatic heterocycles. The van der Waals surface area contributed by atoms with E-state index < -0.39 is 0 Å². The second kappa shape index (κ2) is 7.49. The molecular formula is C18H32N2O3. The molecule has 1 atom stereocenters. The molecule has 1 amide bonds. The van der Waals surface area contributed by atoms with E-state index >= 15 is 0 Å². The van der Waals surface area contributed by atoms with E-state index in [-0.39, 0.29) is 12.5 Å². The number of hydrogen-bond acceptors (Lipinski definition) is 4. The lowest BCUT2D eigenvalue weighted by Crippen LogP contribution is -2.48. The van der Waals surface area contributed by atoms with Gasteiger partial charge in [0.2, 0.25) is 5.91 Å². The first-order valence-corrected chi connectivity index (χ1v) is 9.25. The molecule has 3 aliphatic rings. The highest BCUT2D eigenvalue weighted by molar-refractivity contribution is 5.77. The zero-order chi connectivity index (χ0) is 16.3. The van der Waals surface area contributed by atoms with Gasteiger partial charge in [-0.3, -0.25) is 4.79 Å². The van der Waals surface area contributed by atoms with Crippen molar-refractivity contribution < 1.29 is 14.3 Å². The van der Waals surface area contributed by atoms with Gasteiger partial charge in [-0.05, 0) is 51.0 Å². The summed E-state index contributed by atoms with van der Waals surface area (Å²) >= 11 is 0. The van der Waals surface area contributed by atoms with Crippen LogP contribution in [0.1, 0.15) is 32.6 Å². The van der Waals surface area contributed by atoms with Crippen molar-refractivity contribution >= 4 is 5.91 Å². The molecule has 0 N–H and O–H groups in total. The number of hydrogen-bond donors (Lipinski definition) is 0. The topological polar surface area (TPSA) is 42.0 Å². The molecule has 0 bridgehead atoms. The van der Waals surface area contributed by atoms with E-state index in [0.29, 0.717) is 17.9 Å². The average Bonchev–Trinajstić information content (AvgIpc) is 3.31. The Morgan fingerprint density at radius 1 is 1.17 bits per heavy atom. The van der Waals surface area contributed by atoms with Gasteiger partial charge in [-0.15, -0.1) is 0 Å². The van der Waals surface area contributed by atoms with Crippen LogP contribution in [0.3, 0.4) is 0 Å². The van der Waals surface area contributed by atoms with Crippen molar-refractivity contribution in [1.29, 1.82) is 0 Å². The fourth-order valence-corrected chi connectivity index (χ4v) is 4.24. The highest BCUT2D eigenvalue weighted by Gasteiger charge is 2.47. The van der Waals surface area contributed by atoms with Gasteiger partial charge < -0.3 is 19.3 Å². The summed E-state index contributed by atoms with van der Waals surface area (Å²) in [6.07, 6.45) is 4.92. The number of ether oxygens (including phenoxy) is 2. The quantitative estimate of drug-likeness (QED) is 0.714. The molecule has 0 aromatic heterocycles. The van der Waals surface area contributed by atoms with Gasteiger partial charge in [0.25, 0.3) is 0 Å². The van der Waals surface area contributed by atoms with E-state index in [1.54, 1.807) is 0 Å². The Labute approximate surface area is 140 Å². The van der Waals surface area contributed by atoms with Crippen LogP contribution < -0.4 is 0 Å². The van der Waals surface area contributed by atoms with E-state index in [9.17, 15) is 4.79 Å². The van der Waals surface area contributed by atoms with Gasteiger partial charge in [-0.2, -0.15) is 0 Å². The molecule has 0 unspecified atom stereocenters. The molecule has 3 fully saturated rings. The number of piperidine rings is 1. The van der Waals surface area contributed by atoms with Gasteiger partial charge in [0.1, 0.15) is 6.61 Å². The van der Waals surface area contributed by atoms with Crippen molar-refractivity contribution in [3.63, 3.8) is 0 Å². The summed E-state index contributed by atoms with van der Waals surface area (Å²) in [6.45, 7) is 8.65. The molecule has 3 rings (SSSR count). The molecule has 1 spiro atoms. The Morgan fingerprint density at radius 2 is 1.91 bits per heavy atom. The van der Waals surface area contributed by atoms with Crippen molar-refractivity contribution in [3.8, 4) is 0 Å². The third-order valence-corrected chi connectivity index (χ3v) is 5.89. The van der Waals surface area contributed by atoms with E-state index in [0.717, 1.165) is 58.2 Å². The molecule has 5 nitrogen and oxygen atoms in total. The second-order valence-electron chi connectivity index (χ2n) is 7.75. The zero-order valence-electron chi connectivity index (χ0n) is 14.8. The SMILES string of the molecule is CCOCC(=O)N1CCC2(CC1)CN(C)C[C@@H]2COCC1CC1. The highest BCUT2D eigenvalue weighted by atomic mass is 16.5. The third-order valence-electron chi connectivity index (χ3n) is 5.89. The lowest BCUT2D eigenvalue weighted by molar-refractivity contribution is -0.138. The Hall–Kier alpha value is -0.650. The van der Waals surface area contributed by atoms with Crippen LogP contribution in [0.15, 0.2) is 0 Å². The maximum Gasteiger partial charge on any atom is 0.248 e. The minimum absolute atomic E-state index is 0.148. The maximum atomic E-state index is 12.1. The predicted octanol–water partition coefficient (Wildman–Crippen LogP) is 1.62. The summed E-state index contributed by atoms with van der Waals surface area (Å²) in [7, 11) is 2.22.